The summed E-state index contributed by atoms with van der Waals surface area (Å²) in [5, 5.41) is 12.1. The van der Waals surface area contributed by atoms with Gasteiger partial charge in [-0.15, -0.1) is 10.2 Å². The fourth-order valence-electron chi connectivity index (χ4n) is 3.81. The van der Waals surface area contributed by atoms with Gasteiger partial charge in [-0.1, -0.05) is 72.4 Å². The van der Waals surface area contributed by atoms with Crippen LogP contribution < -0.4 is 5.32 Å². The van der Waals surface area contributed by atoms with Crippen LogP contribution in [0.2, 0.25) is 0 Å². The van der Waals surface area contributed by atoms with Gasteiger partial charge in [0.05, 0.1) is 0 Å². The maximum Gasteiger partial charge on any atom is 0.242 e. The number of ketones is 1. The van der Waals surface area contributed by atoms with Gasteiger partial charge in [0, 0.05) is 22.9 Å². The third-order valence-electron chi connectivity index (χ3n) is 5.72. The number of rotatable bonds is 8. The summed E-state index contributed by atoms with van der Waals surface area (Å²) in [6.45, 7) is 1.51. The number of Topliss-reactive ketones (excluding diaryl/α,β-unsaturated/α-hetero) is 1. The second kappa shape index (κ2) is 9.65. The molecule has 1 aliphatic carbocycles. The Morgan fingerprint density at radius 1 is 0.941 bits per heavy atom. The molecule has 1 aromatic heterocycles. The maximum atomic E-state index is 13.5. The van der Waals surface area contributed by atoms with E-state index in [1.54, 1.807) is 24.3 Å². The van der Waals surface area contributed by atoms with Gasteiger partial charge in [0.2, 0.25) is 5.91 Å². The number of para-hydroxylation sites is 1. The molecule has 3 aromatic carbocycles. The highest BCUT2D eigenvalue weighted by atomic mass is 32.2. The fraction of sp³-hybridized carbons (Fsp3) is 0.185. The Kier molecular flexibility index (Phi) is 6.27. The molecule has 4 aromatic rings. The van der Waals surface area contributed by atoms with Crippen LogP contribution in [-0.2, 0) is 4.79 Å². The second-order valence-electron chi connectivity index (χ2n) is 8.32. The molecule has 0 saturated heterocycles. The molecule has 0 bridgehead atoms. The van der Waals surface area contributed by atoms with Gasteiger partial charge in [0.25, 0.3) is 0 Å². The highest BCUT2D eigenvalue weighted by Crippen LogP contribution is 2.43. The number of anilines is 1. The third kappa shape index (κ3) is 4.79. The molecule has 7 heteroatoms. The number of aromatic nitrogens is 3. The number of hydrogen-bond donors (Lipinski definition) is 1. The number of carbonyl (C=O) groups is 2. The zero-order valence-electron chi connectivity index (χ0n) is 18.7. The van der Waals surface area contributed by atoms with E-state index in [-0.39, 0.29) is 11.7 Å². The van der Waals surface area contributed by atoms with Crippen molar-refractivity contribution < 1.29 is 9.59 Å². The summed E-state index contributed by atoms with van der Waals surface area (Å²) in [6, 6.07) is 26.7. The van der Waals surface area contributed by atoms with E-state index in [0.717, 1.165) is 29.9 Å². The van der Waals surface area contributed by atoms with Crippen molar-refractivity contribution in [1.29, 1.82) is 0 Å². The number of thioether (sulfide) groups is 1. The molecule has 1 atom stereocenters. The molecule has 0 radical (unpaired) electrons. The topological polar surface area (TPSA) is 76.9 Å². The lowest BCUT2D eigenvalue weighted by atomic mass is 10.1. The van der Waals surface area contributed by atoms with Crippen LogP contribution in [0.15, 0.2) is 90.1 Å². The summed E-state index contributed by atoms with van der Waals surface area (Å²) in [4.78, 5) is 25.3. The summed E-state index contributed by atoms with van der Waals surface area (Å²) in [7, 11) is 0. The summed E-state index contributed by atoms with van der Waals surface area (Å²) >= 11 is 1.38. The first kappa shape index (κ1) is 22.1. The molecule has 0 unspecified atom stereocenters. The number of carbonyl (C=O) groups excluding carboxylic acids is 2. The van der Waals surface area contributed by atoms with Crippen LogP contribution >= 0.6 is 11.8 Å². The molecule has 1 saturated carbocycles. The zero-order valence-corrected chi connectivity index (χ0v) is 19.5. The quantitative estimate of drug-likeness (QED) is 0.260. The minimum atomic E-state index is -0.555. The Bertz CT molecular complexity index is 1320. The van der Waals surface area contributed by atoms with E-state index in [4.69, 9.17) is 0 Å². The molecular weight excluding hydrogens is 444 g/mol. The number of hydrogen-bond acceptors (Lipinski definition) is 5. The lowest BCUT2D eigenvalue weighted by molar-refractivity contribution is -0.115. The standard InChI is InChI=1S/C27H24N4O2S/c1-18(32)21-11-8-12-22(17-21)28-26(33)24(19-9-4-2-5-10-19)34-27-30-29-25(20-15-16-20)31(27)23-13-6-3-7-14-23/h2-14,17,20,24H,15-16H2,1H3,(H,28,33)/t24-/m0/s1. The summed E-state index contributed by atoms with van der Waals surface area (Å²) in [6.07, 6.45) is 2.20. The van der Waals surface area contributed by atoms with Gasteiger partial charge in [0.1, 0.15) is 11.1 Å². The maximum absolute atomic E-state index is 13.5. The normalized spacial score (nSPS) is 13.9. The Balaban J connectivity index is 1.49. The summed E-state index contributed by atoms with van der Waals surface area (Å²) in [5.41, 5.74) is 2.99. The summed E-state index contributed by atoms with van der Waals surface area (Å²) in [5.74, 6) is 1.11. The number of nitrogens with zero attached hydrogens (tertiary/aromatic N) is 3. The van der Waals surface area contributed by atoms with Crippen molar-refractivity contribution in [2.75, 3.05) is 5.32 Å². The number of amides is 1. The van der Waals surface area contributed by atoms with E-state index in [1.165, 1.54) is 18.7 Å². The van der Waals surface area contributed by atoms with E-state index < -0.39 is 5.25 Å². The second-order valence-corrected chi connectivity index (χ2v) is 9.39. The van der Waals surface area contributed by atoms with Gasteiger partial charge >= 0.3 is 0 Å². The van der Waals surface area contributed by atoms with E-state index >= 15 is 0 Å². The van der Waals surface area contributed by atoms with Gasteiger partial charge in [-0.2, -0.15) is 0 Å². The van der Waals surface area contributed by atoms with Crippen molar-refractivity contribution in [2.45, 2.75) is 36.1 Å². The molecule has 0 aliphatic heterocycles. The molecular formula is C27H24N4O2S. The van der Waals surface area contributed by atoms with Crippen LogP contribution in [0, 0.1) is 0 Å². The van der Waals surface area contributed by atoms with E-state index in [0.29, 0.717) is 22.3 Å². The van der Waals surface area contributed by atoms with E-state index in [1.807, 2.05) is 60.7 Å². The predicted molar refractivity (Wildman–Crippen MR) is 133 cm³/mol. The van der Waals surface area contributed by atoms with E-state index in [9.17, 15) is 9.59 Å². The first-order valence-electron chi connectivity index (χ1n) is 11.2. The van der Waals surface area contributed by atoms with Crippen LogP contribution in [0.1, 0.15) is 52.7 Å². The van der Waals surface area contributed by atoms with Gasteiger partial charge in [-0.05, 0) is 49.6 Å². The first-order valence-corrected chi connectivity index (χ1v) is 12.1. The average Bonchev–Trinajstić information content (AvgIpc) is 3.63. The van der Waals surface area contributed by atoms with Crippen molar-refractivity contribution in [2.24, 2.45) is 0 Å². The number of benzene rings is 3. The van der Waals surface area contributed by atoms with Crippen LogP contribution in [0.4, 0.5) is 5.69 Å². The molecule has 5 rings (SSSR count). The highest BCUT2D eigenvalue weighted by molar-refractivity contribution is 8.00. The monoisotopic (exact) mass is 468 g/mol. The lowest BCUT2D eigenvalue weighted by Crippen LogP contribution is -2.19. The van der Waals surface area contributed by atoms with Crippen molar-refractivity contribution in [3.05, 3.63) is 102 Å². The molecule has 0 spiro atoms. The lowest BCUT2D eigenvalue weighted by Gasteiger charge is -2.18. The van der Waals surface area contributed by atoms with Crippen molar-refractivity contribution >= 4 is 29.1 Å². The Hall–Kier alpha value is -3.71. The molecule has 1 heterocycles. The fourth-order valence-corrected chi connectivity index (χ4v) is 4.88. The minimum Gasteiger partial charge on any atom is -0.325 e. The average molecular weight is 469 g/mol. The van der Waals surface area contributed by atoms with Gasteiger partial charge in [-0.3, -0.25) is 14.2 Å². The van der Waals surface area contributed by atoms with Crippen molar-refractivity contribution in [3.63, 3.8) is 0 Å². The SMILES string of the molecule is CC(=O)c1cccc(NC(=O)[C@@H](Sc2nnc(C3CC3)n2-c2ccccc2)c2ccccc2)c1. The van der Waals surface area contributed by atoms with Crippen LogP contribution in [0.5, 0.6) is 0 Å². The van der Waals surface area contributed by atoms with Crippen LogP contribution in [0.25, 0.3) is 5.69 Å². The summed E-state index contributed by atoms with van der Waals surface area (Å²) < 4.78 is 2.07. The third-order valence-corrected chi connectivity index (χ3v) is 6.91. The Morgan fingerprint density at radius 2 is 1.65 bits per heavy atom. The molecule has 1 fully saturated rings. The highest BCUT2D eigenvalue weighted by Gasteiger charge is 2.33. The van der Waals surface area contributed by atoms with Gasteiger partial charge in [-0.25, -0.2) is 0 Å². The van der Waals surface area contributed by atoms with Gasteiger partial charge in [0.15, 0.2) is 10.9 Å². The molecule has 1 amide bonds. The van der Waals surface area contributed by atoms with Crippen molar-refractivity contribution in [3.8, 4) is 5.69 Å². The molecule has 34 heavy (non-hydrogen) atoms. The van der Waals surface area contributed by atoms with Crippen LogP contribution in [-0.4, -0.2) is 26.5 Å². The van der Waals surface area contributed by atoms with E-state index in [2.05, 4.69) is 20.1 Å². The minimum absolute atomic E-state index is 0.0475. The van der Waals surface area contributed by atoms with Gasteiger partial charge < -0.3 is 5.32 Å². The number of nitrogens with one attached hydrogen (secondary N) is 1. The largest absolute Gasteiger partial charge is 0.325 e. The van der Waals surface area contributed by atoms with Crippen molar-refractivity contribution in [1.82, 2.24) is 14.8 Å². The molecule has 1 aliphatic rings. The molecule has 1 N–H and O–H groups in total. The predicted octanol–water partition coefficient (Wildman–Crippen LogP) is 5.82. The van der Waals surface area contributed by atoms with Crippen LogP contribution in [0.3, 0.4) is 0 Å². The molecule has 6 nitrogen and oxygen atoms in total. The first-order chi connectivity index (χ1) is 16.6. The smallest absolute Gasteiger partial charge is 0.242 e. The zero-order chi connectivity index (χ0) is 23.5. The Morgan fingerprint density at radius 3 is 2.32 bits per heavy atom. The molecule has 170 valence electrons. The Labute approximate surface area is 202 Å².